The third-order valence-electron chi connectivity index (χ3n) is 9.31. The van der Waals surface area contributed by atoms with Crippen LogP contribution < -0.4 is 5.01 Å². The second-order valence-electron chi connectivity index (χ2n) is 11.4. The maximum atomic E-state index is 4.55. The number of fused-ring (bicyclic) bond motifs is 7. The van der Waals surface area contributed by atoms with E-state index in [0.717, 1.165) is 0 Å². The Hall–Kier alpha value is -5.08. The summed E-state index contributed by atoms with van der Waals surface area (Å²) in [5.41, 5.74) is 12.8. The van der Waals surface area contributed by atoms with Crippen molar-refractivity contribution in [3.63, 3.8) is 0 Å². The number of rotatable bonds is 3. The van der Waals surface area contributed by atoms with Gasteiger partial charge in [0.05, 0.1) is 16.7 Å². The minimum atomic E-state index is 0.113. The van der Waals surface area contributed by atoms with Gasteiger partial charge in [-0.2, -0.15) is 0 Å². The summed E-state index contributed by atoms with van der Waals surface area (Å²) in [5, 5.41) is 5.07. The van der Waals surface area contributed by atoms with Crippen molar-refractivity contribution in [2.45, 2.75) is 12.0 Å². The molecule has 0 radical (unpaired) electrons. The number of allylic oxidation sites excluding steroid dienone is 5. The van der Waals surface area contributed by atoms with E-state index in [9.17, 15) is 0 Å². The van der Waals surface area contributed by atoms with Crippen LogP contribution >= 0.6 is 0 Å². The van der Waals surface area contributed by atoms with E-state index in [1.54, 1.807) is 0 Å². The fourth-order valence-electron chi connectivity index (χ4n) is 7.41. The van der Waals surface area contributed by atoms with Crippen LogP contribution in [0.1, 0.15) is 34.2 Å². The van der Waals surface area contributed by atoms with Crippen LogP contribution in [-0.2, 0) is 0 Å². The lowest BCUT2D eigenvalue weighted by atomic mass is 9.87. The molecule has 1 aromatic heterocycles. The summed E-state index contributed by atoms with van der Waals surface area (Å²) in [6.07, 6.45) is 9.01. The molecule has 2 aliphatic carbocycles. The zero-order valence-corrected chi connectivity index (χ0v) is 22.6. The van der Waals surface area contributed by atoms with E-state index in [-0.39, 0.29) is 6.04 Å². The molecular weight excluding hydrogens is 496 g/mol. The summed E-state index contributed by atoms with van der Waals surface area (Å²) >= 11 is 0. The van der Waals surface area contributed by atoms with E-state index in [1.165, 1.54) is 66.4 Å². The molecule has 1 aliphatic heterocycles. The molecule has 5 aromatic carbocycles. The third kappa shape index (κ3) is 3.13. The van der Waals surface area contributed by atoms with Crippen LogP contribution in [0.4, 0.5) is 5.69 Å². The van der Waals surface area contributed by atoms with Gasteiger partial charge < -0.3 is 0 Å². The van der Waals surface area contributed by atoms with E-state index >= 15 is 0 Å². The minimum absolute atomic E-state index is 0.113. The van der Waals surface area contributed by atoms with Gasteiger partial charge in [-0.05, 0) is 63.7 Å². The van der Waals surface area contributed by atoms with E-state index in [4.69, 9.17) is 0 Å². The molecule has 6 aromatic rings. The lowest BCUT2D eigenvalue weighted by molar-refractivity contribution is 0.595. The largest absolute Gasteiger partial charge is 0.268 e. The van der Waals surface area contributed by atoms with Crippen molar-refractivity contribution >= 4 is 33.1 Å². The molecule has 2 heterocycles. The van der Waals surface area contributed by atoms with Crippen molar-refractivity contribution in [1.29, 1.82) is 0 Å². The number of benzene rings is 5. The summed E-state index contributed by atoms with van der Waals surface area (Å²) in [6.45, 7) is 4.55. The smallest absolute Gasteiger partial charge is 0.103 e. The Morgan fingerprint density at radius 2 is 1.32 bits per heavy atom. The topological polar surface area (TPSA) is 8.17 Å². The monoisotopic (exact) mass is 524 g/mol. The van der Waals surface area contributed by atoms with Gasteiger partial charge in [0.15, 0.2) is 0 Å². The van der Waals surface area contributed by atoms with Gasteiger partial charge in [0, 0.05) is 28.2 Å². The Balaban J connectivity index is 1.28. The average molecular weight is 525 g/mol. The quantitative estimate of drug-likeness (QED) is 0.224. The highest BCUT2D eigenvalue weighted by atomic mass is 15.6. The van der Waals surface area contributed by atoms with Crippen molar-refractivity contribution in [2.75, 3.05) is 5.01 Å². The first kappa shape index (κ1) is 22.7. The van der Waals surface area contributed by atoms with Crippen LogP contribution in [0.25, 0.3) is 38.5 Å². The molecule has 2 nitrogen and oxygen atoms in total. The second-order valence-corrected chi connectivity index (χ2v) is 11.4. The van der Waals surface area contributed by atoms with Gasteiger partial charge in [-0.15, -0.1) is 0 Å². The Bertz CT molecular complexity index is 2090. The third-order valence-corrected chi connectivity index (χ3v) is 9.31. The lowest BCUT2D eigenvalue weighted by Crippen LogP contribution is -2.42. The van der Waals surface area contributed by atoms with Crippen molar-refractivity contribution in [2.24, 2.45) is 5.92 Å². The highest BCUT2D eigenvalue weighted by Crippen LogP contribution is 2.53. The Morgan fingerprint density at radius 3 is 2.22 bits per heavy atom. The van der Waals surface area contributed by atoms with Crippen molar-refractivity contribution in [3.8, 4) is 11.1 Å². The Labute approximate surface area is 239 Å². The molecule has 0 amide bonds. The van der Waals surface area contributed by atoms with Crippen molar-refractivity contribution in [3.05, 3.63) is 168 Å². The molecule has 0 spiro atoms. The zero-order chi connectivity index (χ0) is 27.1. The van der Waals surface area contributed by atoms with Gasteiger partial charge in [0.2, 0.25) is 0 Å². The molecule has 3 unspecified atom stereocenters. The van der Waals surface area contributed by atoms with E-state index in [2.05, 4.69) is 156 Å². The Kier molecular flexibility index (Phi) is 4.68. The Morgan fingerprint density at radius 1 is 0.561 bits per heavy atom. The number of hydrogen-bond donors (Lipinski definition) is 0. The molecule has 0 N–H and O–H groups in total. The first-order chi connectivity index (χ1) is 20.3. The van der Waals surface area contributed by atoms with Gasteiger partial charge in [0.25, 0.3) is 0 Å². The predicted molar refractivity (Wildman–Crippen MR) is 171 cm³/mol. The van der Waals surface area contributed by atoms with Crippen LogP contribution in [0, 0.1) is 5.92 Å². The van der Waals surface area contributed by atoms with Gasteiger partial charge in [-0.1, -0.05) is 116 Å². The highest BCUT2D eigenvalue weighted by molar-refractivity contribution is 6.10. The number of aromatic nitrogens is 1. The molecule has 3 aliphatic rings. The fourth-order valence-corrected chi connectivity index (χ4v) is 7.41. The summed E-state index contributed by atoms with van der Waals surface area (Å²) in [4.78, 5) is 0. The SMILES string of the molecule is C=C1c2cc3c4ccccc4n(N4c5ccccc5C4c4cccc(-c5ccccc5)c4)c3cc2C2C=CC=CC12. The van der Waals surface area contributed by atoms with Gasteiger partial charge in [-0.3, -0.25) is 9.69 Å². The second kappa shape index (κ2) is 8.46. The van der Waals surface area contributed by atoms with Gasteiger partial charge in [-0.25, -0.2) is 0 Å². The molecular formula is C39H28N2. The molecule has 0 saturated heterocycles. The lowest BCUT2D eigenvalue weighted by Gasteiger charge is -2.46. The molecule has 9 rings (SSSR count). The zero-order valence-electron chi connectivity index (χ0n) is 22.6. The molecule has 194 valence electrons. The first-order valence-electron chi connectivity index (χ1n) is 14.4. The summed E-state index contributed by atoms with van der Waals surface area (Å²) in [7, 11) is 0. The normalized spacial score (nSPS) is 20.2. The summed E-state index contributed by atoms with van der Waals surface area (Å²) in [6, 6.07) is 42.4. The molecule has 0 fully saturated rings. The summed E-state index contributed by atoms with van der Waals surface area (Å²) in [5.74, 6) is 0.694. The van der Waals surface area contributed by atoms with Crippen LogP contribution in [-0.4, -0.2) is 4.68 Å². The van der Waals surface area contributed by atoms with E-state index in [1.807, 2.05) is 0 Å². The predicted octanol–water partition coefficient (Wildman–Crippen LogP) is 9.69. The van der Waals surface area contributed by atoms with Crippen molar-refractivity contribution < 1.29 is 0 Å². The molecule has 0 bridgehead atoms. The van der Waals surface area contributed by atoms with E-state index < -0.39 is 0 Å². The van der Waals surface area contributed by atoms with Crippen LogP contribution in [0.5, 0.6) is 0 Å². The number of anilines is 1. The number of para-hydroxylation sites is 2. The van der Waals surface area contributed by atoms with Gasteiger partial charge in [0.1, 0.15) is 6.04 Å². The molecule has 3 atom stereocenters. The minimum Gasteiger partial charge on any atom is -0.268 e. The molecule has 2 heteroatoms. The summed E-state index contributed by atoms with van der Waals surface area (Å²) < 4.78 is 2.48. The molecule has 41 heavy (non-hydrogen) atoms. The van der Waals surface area contributed by atoms with E-state index in [0.29, 0.717) is 11.8 Å². The number of hydrogen-bond acceptors (Lipinski definition) is 1. The maximum absolute atomic E-state index is 4.55. The van der Waals surface area contributed by atoms with Crippen LogP contribution in [0.3, 0.4) is 0 Å². The highest BCUT2D eigenvalue weighted by Gasteiger charge is 2.40. The van der Waals surface area contributed by atoms with Gasteiger partial charge >= 0.3 is 0 Å². The standard InChI is InChI=1S/C39H28N2/c1-25-29-16-5-6-17-30(29)34-24-38-35(23-33(25)34)31-18-7-9-20-36(31)40(38)41-37-21-10-8-19-32(37)39(41)28-15-11-14-27(22-28)26-12-3-2-4-13-26/h2-24,29-30,39H,1H2. The first-order valence-corrected chi connectivity index (χ1v) is 14.4. The number of nitrogens with zero attached hydrogens (tertiary/aromatic N) is 2. The average Bonchev–Trinajstić information content (AvgIpc) is 3.49. The van der Waals surface area contributed by atoms with Crippen molar-refractivity contribution in [1.82, 2.24) is 4.68 Å². The fraction of sp³-hybridized carbons (Fsp3) is 0.0769. The maximum Gasteiger partial charge on any atom is 0.103 e. The molecule has 0 saturated carbocycles. The van der Waals surface area contributed by atoms with Crippen LogP contribution in [0.15, 0.2) is 146 Å². The van der Waals surface area contributed by atoms with Crippen LogP contribution in [0.2, 0.25) is 0 Å².